The summed E-state index contributed by atoms with van der Waals surface area (Å²) >= 11 is 0. The van der Waals surface area contributed by atoms with Crippen LogP contribution in [0, 0.1) is 20.8 Å². The van der Waals surface area contributed by atoms with Crippen LogP contribution in [0.4, 0.5) is 5.69 Å². The molecule has 1 fully saturated rings. The molecule has 2 aromatic rings. The summed E-state index contributed by atoms with van der Waals surface area (Å²) in [7, 11) is -3.66. The zero-order valence-corrected chi connectivity index (χ0v) is 16.6. The lowest BCUT2D eigenvalue weighted by atomic mass is 10.1. The van der Waals surface area contributed by atoms with Crippen molar-refractivity contribution in [2.45, 2.75) is 25.7 Å². The highest BCUT2D eigenvalue weighted by Crippen LogP contribution is 2.24. The van der Waals surface area contributed by atoms with E-state index in [1.807, 2.05) is 32.0 Å². The monoisotopic (exact) mass is 388 g/mol. The van der Waals surface area contributed by atoms with Gasteiger partial charge in [0.15, 0.2) is 0 Å². The van der Waals surface area contributed by atoms with Gasteiger partial charge in [0.2, 0.25) is 10.0 Å². The van der Waals surface area contributed by atoms with Gasteiger partial charge in [-0.2, -0.15) is 4.31 Å². The molecule has 7 heteroatoms. The van der Waals surface area contributed by atoms with Crippen molar-refractivity contribution in [3.63, 3.8) is 0 Å². The first-order chi connectivity index (χ1) is 12.8. The highest BCUT2D eigenvalue weighted by Gasteiger charge is 2.28. The SMILES string of the molecule is Cc1ccc(C(=O)Nc2c(C)cccc2C)cc1S(=O)(=O)N1CCOCC1. The smallest absolute Gasteiger partial charge is 0.255 e. The van der Waals surface area contributed by atoms with Crippen LogP contribution in [0.25, 0.3) is 0 Å². The van der Waals surface area contributed by atoms with Crippen molar-refractivity contribution < 1.29 is 17.9 Å². The second-order valence-electron chi connectivity index (χ2n) is 6.72. The van der Waals surface area contributed by atoms with Gasteiger partial charge in [-0.1, -0.05) is 24.3 Å². The maximum absolute atomic E-state index is 13.0. The third-order valence-corrected chi connectivity index (χ3v) is 6.80. The predicted molar refractivity (Wildman–Crippen MR) is 105 cm³/mol. The number of carbonyl (C=O) groups excluding carboxylic acids is 1. The Morgan fingerprint density at radius 3 is 2.26 bits per heavy atom. The molecule has 0 saturated carbocycles. The lowest BCUT2D eigenvalue weighted by Gasteiger charge is -2.26. The number of para-hydroxylation sites is 1. The molecule has 6 nitrogen and oxygen atoms in total. The average Bonchev–Trinajstić information content (AvgIpc) is 2.65. The number of carbonyl (C=O) groups is 1. The number of nitrogens with one attached hydrogen (secondary N) is 1. The first-order valence-corrected chi connectivity index (χ1v) is 10.3. The number of amides is 1. The molecule has 0 aromatic heterocycles. The van der Waals surface area contributed by atoms with Gasteiger partial charge in [-0.05, 0) is 49.6 Å². The van der Waals surface area contributed by atoms with Crippen LogP contribution in [-0.2, 0) is 14.8 Å². The molecule has 0 unspecified atom stereocenters. The summed E-state index contributed by atoms with van der Waals surface area (Å²) in [4.78, 5) is 12.9. The van der Waals surface area contributed by atoms with Crippen molar-refractivity contribution in [1.82, 2.24) is 4.31 Å². The second-order valence-corrected chi connectivity index (χ2v) is 8.62. The molecule has 27 heavy (non-hydrogen) atoms. The van der Waals surface area contributed by atoms with E-state index in [4.69, 9.17) is 4.74 Å². The van der Waals surface area contributed by atoms with Gasteiger partial charge in [-0.3, -0.25) is 4.79 Å². The summed E-state index contributed by atoms with van der Waals surface area (Å²) in [5.41, 5.74) is 3.59. The number of ether oxygens (including phenoxy) is 1. The molecule has 1 N–H and O–H groups in total. The first kappa shape index (κ1) is 19.5. The minimum Gasteiger partial charge on any atom is -0.379 e. The molecule has 0 radical (unpaired) electrons. The van der Waals surface area contributed by atoms with Crippen molar-refractivity contribution in [2.75, 3.05) is 31.6 Å². The molecule has 1 amide bonds. The van der Waals surface area contributed by atoms with Gasteiger partial charge in [0.25, 0.3) is 5.91 Å². The summed E-state index contributed by atoms with van der Waals surface area (Å²) in [6, 6.07) is 10.6. The molecule has 1 aliphatic rings. The van der Waals surface area contributed by atoms with Gasteiger partial charge >= 0.3 is 0 Å². The van der Waals surface area contributed by atoms with E-state index in [0.29, 0.717) is 37.4 Å². The molecule has 3 rings (SSSR count). The van der Waals surface area contributed by atoms with E-state index in [1.54, 1.807) is 19.1 Å². The molecule has 1 saturated heterocycles. The van der Waals surface area contributed by atoms with Gasteiger partial charge in [-0.25, -0.2) is 8.42 Å². The number of morpholine rings is 1. The molecule has 0 spiro atoms. The van der Waals surface area contributed by atoms with Crippen LogP contribution in [0.3, 0.4) is 0 Å². The zero-order chi connectivity index (χ0) is 19.6. The topological polar surface area (TPSA) is 75.7 Å². The quantitative estimate of drug-likeness (QED) is 0.874. The molecular weight excluding hydrogens is 364 g/mol. The predicted octanol–water partition coefficient (Wildman–Crippen LogP) is 2.89. The van der Waals surface area contributed by atoms with Crippen LogP contribution in [0.1, 0.15) is 27.0 Å². The van der Waals surface area contributed by atoms with E-state index >= 15 is 0 Å². The third kappa shape index (κ3) is 4.05. The van der Waals surface area contributed by atoms with E-state index in [9.17, 15) is 13.2 Å². The van der Waals surface area contributed by atoms with Gasteiger partial charge in [-0.15, -0.1) is 0 Å². The number of nitrogens with zero attached hydrogens (tertiary/aromatic N) is 1. The second kappa shape index (κ2) is 7.80. The molecule has 2 aromatic carbocycles. The summed E-state index contributed by atoms with van der Waals surface area (Å²) in [6.07, 6.45) is 0. The van der Waals surface area contributed by atoms with Crippen molar-refractivity contribution in [2.24, 2.45) is 0 Å². The van der Waals surface area contributed by atoms with Crippen molar-refractivity contribution >= 4 is 21.6 Å². The lowest BCUT2D eigenvalue weighted by molar-refractivity contribution is 0.0730. The minimum absolute atomic E-state index is 0.165. The zero-order valence-electron chi connectivity index (χ0n) is 15.8. The van der Waals surface area contributed by atoms with E-state index in [0.717, 1.165) is 16.8 Å². The van der Waals surface area contributed by atoms with Crippen LogP contribution in [0.15, 0.2) is 41.3 Å². The Morgan fingerprint density at radius 2 is 1.63 bits per heavy atom. The van der Waals surface area contributed by atoms with Crippen LogP contribution >= 0.6 is 0 Å². The van der Waals surface area contributed by atoms with Gasteiger partial charge in [0, 0.05) is 24.3 Å². The Hall–Kier alpha value is -2.22. The highest BCUT2D eigenvalue weighted by atomic mass is 32.2. The van der Waals surface area contributed by atoms with E-state index in [-0.39, 0.29) is 10.8 Å². The van der Waals surface area contributed by atoms with E-state index in [1.165, 1.54) is 10.4 Å². The first-order valence-electron chi connectivity index (χ1n) is 8.87. The van der Waals surface area contributed by atoms with Crippen LogP contribution in [-0.4, -0.2) is 44.9 Å². The van der Waals surface area contributed by atoms with Crippen molar-refractivity contribution in [3.8, 4) is 0 Å². The lowest BCUT2D eigenvalue weighted by Crippen LogP contribution is -2.40. The van der Waals surface area contributed by atoms with Crippen LogP contribution < -0.4 is 5.32 Å². The minimum atomic E-state index is -3.66. The van der Waals surface area contributed by atoms with Crippen molar-refractivity contribution in [1.29, 1.82) is 0 Å². The molecule has 1 heterocycles. The normalized spacial score (nSPS) is 15.5. The number of benzene rings is 2. The number of rotatable bonds is 4. The number of hydrogen-bond donors (Lipinski definition) is 1. The van der Waals surface area contributed by atoms with Gasteiger partial charge in [0.1, 0.15) is 0 Å². The molecule has 0 aliphatic carbocycles. The molecule has 0 atom stereocenters. The molecule has 1 aliphatic heterocycles. The fourth-order valence-corrected chi connectivity index (χ4v) is 4.80. The number of anilines is 1. The summed E-state index contributed by atoms with van der Waals surface area (Å²) in [5.74, 6) is -0.328. The summed E-state index contributed by atoms with van der Waals surface area (Å²) < 4.78 is 32.6. The average molecular weight is 388 g/mol. The maximum atomic E-state index is 13.0. The van der Waals surface area contributed by atoms with E-state index < -0.39 is 10.0 Å². The molecular formula is C20H24N2O4S. The largest absolute Gasteiger partial charge is 0.379 e. The van der Waals surface area contributed by atoms with Gasteiger partial charge < -0.3 is 10.1 Å². The number of sulfonamides is 1. The summed E-state index contributed by atoms with van der Waals surface area (Å²) in [6.45, 7) is 6.98. The molecule has 144 valence electrons. The number of aryl methyl sites for hydroxylation is 3. The Labute approximate surface area is 160 Å². The summed E-state index contributed by atoms with van der Waals surface area (Å²) in [5, 5.41) is 2.91. The molecule has 0 bridgehead atoms. The highest BCUT2D eigenvalue weighted by molar-refractivity contribution is 7.89. The number of hydrogen-bond acceptors (Lipinski definition) is 4. The Morgan fingerprint density at radius 1 is 1.00 bits per heavy atom. The van der Waals surface area contributed by atoms with Crippen LogP contribution in [0.2, 0.25) is 0 Å². The van der Waals surface area contributed by atoms with Gasteiger partial charge in [0.05, 0.1) is 18.1 Å². The van der Waals surface area contributed by atoms with Crippen molar-refractivity contribution in [3.05, 3.63) is 58.7 Å². The van der Waals surface area contributed by atoms with Crippen LogP contribution in [0.5, 0.6) is 0 Å². The van der Waals surface area contributed by atoms with E-state index in [2.05, 4.69) is 5.32 Å². The fourth-order valence-electron chi connectivity index (χ4n) is 3.14. The third-order valence-electron chi connectivity index (χ3n) is 4.76. The Balaban J connectivity index is 1.92. The Kier molecular flexibility index (Phi) is 5.64. The fraction of sp³-hybridized carbons (Fsp3) is 0.350. The standard InChI is InChI=1S/C20H24N2O4S/c1-14-7-8-17(20(23)21-19-15(2)5-4-6-16(19)3)13-18(14)27(24,25)22-9-11-26-12-10-22/h4-8,13H,9-12H2,1-3H3,(H,21,23). The maximum Gasteiger partial charge on any atom is 0.255 e. The Bertz CT molecular complexity index is 944.